The molecule has 0 unspecified atom stereocenters. The molecule has 4 aromatic rings. The second kappa shape index (κ2) is 5.53. The summed E-state index contributed by atoms with van der Waals surface area (Å²) in [6.45, 7) is 16.8. The zero-order valence-electron chi connectivity index (χ0n) is 18.7. The maximum Gasteiger partial charge on any atom is 0.0544 e. The Bertz CT molecular complexity index is 1270. The van der Waals surface area contributed by atoms with Crippen LogP contribution < -0.4 is 0 Å². The minimum atomic E-state index is 0.0743. The molecule has 0 aliphatic heterocycles. The second-order valence-corrected chi connectivity index (χ2v) is 10.4. The van der Waals surface area contributed by atoms with Gasteiger partial charge in [-0.1, -0.05) is 77.4 Å². The summed E-state index contributed by atoms with van der Waals surface area (Å²) in [5.74, 6) is 0. The molecule has 1 heterocycles. The molecule has 148 valence electrons. The smallest absolute Gasteiger partial charge is 0.0544 e. The summed E-state index contributed by atoms with van der Waals surface area (Å²) in [6.07, 6.45) is 0. The molecule has 0 bridgehead atoms. The zero-order valence-corrected chi connectivity index (χ0v) is 18.7. The largest absolute Gasteiger partial charge is 0.309 e. The van der Waals surface area contributed by atoms with E-state index in [9.17, 15) is 0 Å². The molecule has 1 aliphatic rings. The van der Waals surface area contributed by atoms with Crippen LogP contribution in [0.1, 0.15) is 58.2 Å². The first kappa shape index (κ1) is 18.5. The molecule has 1 nitrogen and oxygen atoms in total. The average molecular weight is 382 g/mol. The molecule has 0 radical (unpaired) electrons. The summed E-state index contributed by atoms with van der Waals surface area (Å²) in [5.41, 5.74) is 8.55. The van der Waals surface area contributed by atoms with Gasteiger partial charge in [0.1, 0.15) is 0 Å². The Morgan fingerprint density at radius 2 is 1.34 bits per heavy atom. The van der Waals surface area contributed by atoms with Crippen LogP contribution in [0.5, 0.6) is 0 Å². The van der Waals surface area contributed by atoms with Gasteiger partial charge < -0.3 is 4.57 Å². The Morgan fingerprint density at radius 1 is 0.690 bits per heavy atom. The Morgan fingerprint density at radius 3 is 2.03 bits per heavy atom. The van der Waals surface area contributed by atoms with Crippen LogP contribution in [0, 0.1) is 12.3 Å². The molecule has 1 aliphatic carbocycles. The van der Waals surface area contributed by atoms with Gasteiger partial charge in [0, 0.05) is 16.5 Å². The lowest BCUT2D eigenvalue weighted by atomic mass is 9.59. The lowest BCUT2D eigenvalue weighted by Gasteiger charge is -2.44. The molecule has 29 heavy (non-hydrogen) atoms. The van der Waals surface area contributed by atoms with E-state index in [2.05, 4.69) is 114 Å². The van der Waals surface area contributed by atoms with Gasteiger partial charge in [-0.15, -0.1) is 0 Å². The van der Waals surface area contributed by atoms with E-state index in [1.807, 2.05) is 0 Å². The van der Waals surface area contributed by atoms with E-state index in [4.69, 9.17) is 0 Å². The van der Waals surface area contributed by atoms with Gasteiger partial charge in [0.25, 0.3) is 0 Å². The Balaban J connectivity index is 2.03. The Labute approximate surface area is 174 Å². The van der Waals surface area contributed by atoms with Crippen molar-refractivity contribution in [3.8, 4) is 5.69 Å². The van der Waals surface area contributed by atoms with Gasteiger partial charge >= 0.3 is 0 Å². The first-order valence-electron chi connectivity index (χ1n) is 10.7. The van der Waals surface area contributed by atoms with Gasteiger partial charge in [-0.2, -0.15) is 0 Å². The Hall–Kier alpha value is -2.54. The quantitative estimate of drug-likeness (QED) is 0.318. The predicted octanol–water partition coefficient (Wildman–Crippen LogP) is 7.69. The van der Waals surface area contributed by atoms with Crippen LogP contribution >= 0.6 is 0 Å². The van der Waals surface area contributed by atoms with E-state index in [1.165, 1.54) is 44.2 Å². The van der Waals surface area contributed by atoms with Crippen LogP contribution in [0.3, 0.4) is 0 Å². The summed E-state index contributed by atoms with van der Waals surface area (Å²) < 4.78 is 2.44. The number of fused-ring (bicyclic) bond motifs is 5. The standard InChI is InChI=1S/C28H31N/c1-18-13-15-22-20(17-18)24-23(29(22)19-11-9-8-10-12-19)16-14-21-25(24)27(4,5)28(6,7)26(21,2)3/h8-17H,1-7H3. The molecule has 0 saturated heterocycles. The molecule has 5 rings (SSSR count). The molecule has 0 saturated carbocycles. The lowest BCUT2D eigenvalue weighted by molar-refractivity contribution is 0.125. The number of aromatic nitrogens is 1. The average Bonchev–Trinajstić information content (AvgIpc) is 3.05. The minimum absolute atomic E-state index is 0.0743. The van der Waals surface area contributed by atoms with Crippen molar-refractivity contribution < 1.29 is 0 Å². The number of hydrogen-bond donors (Lipinski definition) is 0. The van der Waals surface area contributed by atoms with Crippen molar-refractivity contribution >= 4 is 21.8 Å². The first-order chi connectivity index (χ1) is 13.6. The summed E-state index contributed by atoms with van der Waals surface area (Å²) >= 11 is 0. The maximum atomic E-state index is 2.45. The van der Waals surface area contributed by atoms with Crippen molar-refractivity contribution in [1.82, 2.24) is 4.57 Å². The highest BCUT2D eigenvalue weighted by atomic mass is 15.0. The highest BCUT2D eigenvalue weighted by Gasteiger charge is 2.57. The third-order valence-electron chi connectivity index (χ3n) is 8.52. The van der Waals surface area contributed by atoms with Gasteiger partial charge in [-0.3, -0.25) is 0 Å². The van der Waals surface area contributed by atoms with Gasteiger partial charge in [0.05, 0.1) is 11.0 Å². The number of para-hydroxylation sites is 1. The van der Waals surface area contributed by atoms with Crippen LogP contribution in [-0.2, 0) is 10.8 Å². The van der Waals surface area contributed by atoms with Crippen molar-refractivity contribution in [3.05, 3.63) is 77.4 Å². The summed E-state index contributed by atoms with van der Waals surface area (Å²) in [6, 6.07) is 22.4. The van der Waals surface area contributed by atoms with Gasteiger partial charge in [-0.25, -0.2) is 0 Å². The second-order valence-electron chi connectivity index (χ2n) is 10.4. The van der Waals surface area contributed by atoms with Gasteiger partial charge in [0.15, 0.2) is 0 Å². The van der Waals surface area contributed by atoms with Crippen molar-refractivity contribution in [2.75, 3.05) is 0 Å². The van der Waals surface area contributed by atoms with E-state index >= 15 is 0 Å². The van der Waals surface area contributed by atoms with Gasteiger partial charge in [0.2, 0.25) is 0 Å². The molecular formula is C28H31N. The third-order valence-corrected chi connectivity index (χ3v) is 8.52. The topological polar surface area (TPSA) is 4.93 Å². The molecule has 1 aromatic heterocycles. The van der Waals surface area contributed by atoms with Crippen LogP contribution in [0.25, 0.3) is 27.5 Å². The number of aryl methyl sites for hydroxylation is 1. The number of benzene rings is 3. The van der Waals surface area contributed by atoms with E-state index in [-0.39, 0.29) is 16.2 Å². The molecule has 0 spiro atoms. The van der Waals surface area contributed by atoms with Crippen molar-refractivity contribution in [3.63, 3.8) is 0 Å². The van der Waals surface area contributed by atoms with E-state index in [0.717, 1.165) is 0 Å². The van der Waals surface area contributed by atoms with Crippen molar-refractivity contribution in [2.45, 2.75) is 59.3 Å². The molecule has 0 fully saturated rings. The normalized spacial score (nSPS) is 19.0. The van der Waals surface area contributed by atoms with E-state index < -0.39 is 0 Å². The highest BCUT2D eigenvalue weighted by Crippen LogP contribution is 2.63. The fourth-order valence-electron chi connectivity index (χ4n) is 5.68. The van der Waals surface area contributed by atoms with Crippen LogP contribution in [0.2, 0.25) is 0 Å². The Kier molecular flexibility index (Phi) is 3.53. The first-order valence-corrected chi connectivity index (χ1v) is 10.7. The third kappa shape index (κ3) is 2.11. The SMILES string of the molecule is Cc1ccc2c(c1)c1c3c(ccc1n2-c1ccccc1)C(C)(C)C(C)(C)C3(C)C. The number of nitrogens with zero attached hydrogens (tertiary/aromatic N) is 1. The summed E-state index contributed by atoms with van der Waals surface area (Å²) in [5, 5.41) is 2.82. The van der Waals surface area contributed by atoms with E-state index in [0.29, 0.717) is 0 Å². The number of hydrogen-bond acceptors (Lipinski definition) is 0. The maximum absolute atomic E-state index is 2.45. The fourth-order valence-corrected chi connectivity index (χ4v) is 5.68. The minimum Gasteiger partial charge on any atom is -0.309 e. The summed E-state index contributed by atoms with van der Waals surface area (Å²) in [7, 11) is 0. The van der Waals surface area contributed by atoms with Crippen LogP contribution in [-0.4, -0.2) is 4.57 Å². The monoisotopic (exact) mass is 381 g/mol. The van der Waals surface area contributed by atoms with Crippen molar-refractivity contribution in [1.29, 1.82) is 0 Å². The predicted molar refractivity (Wildman–Crippen MR) is 125 cm³/mol. The lowest BCUT2D eigenvalue weighted by Crippen LogP contribution is -2.42. The zero-order chi connectivity index (χ0) is 20.8. The molecule has 3 aromatic carbocycles. The van der Waals surface area contributed by atoms with Crippen molar-refractivity contribution in [2.24, 2.45) is 5.41 Å². The fraction of sp³-hybridized carbons (Fsp3) is 0.357. The molecule has 0 atom stereocenters. The van der Waals surface area contributed by atoms with Crippen LogP contribution in [0.4, 0.5) is 0 Å². The van der Waals surface area contributed by atoms with E-state index in [1.54, 1.807) is 0 Å². The highest BCUT2D eigenvalue weighted by molar-refractivity contribution is 6.12. The molecule has 1 heteroatoms. The molecule has 0 amide bonds. The van der Waals surface area contributed by atoms with Crippen LogP contribution in [0.15, 0.2) is 60.7 Å². The molecule has 0 N–H and O–H groups in total. The number of rotatable bonds is 1. The molecular weight excluding hydrogens is 350 g/mol. The van der Waals surface area contributed by atoms with Gasteiger partial charge in [-0.05, 0) is 64.6 Å². The summed E-state index contributed by atoms with van der Waals surface area (Å²) in [4.78, 5) is 0.